The van der Waals surface area contributed by atoms with E-state index in [4.69, 9.17) is 0 Å². The first kappa shape index (κ1) is 25.0. The van der Waals surface area contributed by atoms with Crippen molar-refractivity contribution >= 4 is 33.2 Å². The monoisotopic (exact) mass is 479 g/mol. The molecule has 3 aromatic carbocycles. The summed E-state index contributed by atoms with van der Waals surface area (Å²) >= 11 is 0. The van der Waals surface area contributed by atoms with E-state index in [1.165, 1.54) is 19.2 Å². The van der Waals surface area contributed by atoms with Gasteiger partial charge in [0, 0.05) is 13.6 Å². The van der Waals surface area contributed by atoms with E-state index < -0.39 is 15.9 Å². The van der Waals surface area contributed by atoms with Crippen LogP contribution in [0, 0.1) is 6.92 Å². The van der Waals surface area contributed by atoms with Gasteiger partial charge >= 0.3 is 0 Å². The number of hydrogen-bond acceptors (Lipinski definition) is 4. The molecule has 0 saturated carbocycles. The summed E-state index contributed by atoms with van der Waals surface area (Å²) in [5, 5.41) is 5.62. The molecule has 0 aromatic heterocycles. The highest BCUT2D eigenvalue weighted by molar-refractivity contribution is 7.92. The largest absolute Gasteiger partial charge is 0.352 e. The van der Waals surface area contributed by atoms with Gasteiger partial charge in [0.1, 0.15) is 0 Å². The molecule has 0 atom stereocenters. The molecule has 178 valence electrons. The molecule has 2 N–H and O–H groups in total. The zero-order chi connectivity index (χ0) is 24.7. The van der Waals surface area contributed by atoms with Crippen LogP contribution in [-0.4, -0.2) is 33.8 Å². The molecule has 0 saturated heterocycles. The van der Waals surface area contributed by atoms with Crippen molar-refractivity contribution in [3.05, 3.63) is 89.5 Å². The van der Waals surface area contributed by atoms with Crippen LogP contribution in [0.15, 0.2) is 77.7 Å². The van der Waals surface area contributed by atoms with E-state index >= 15 is 0 Å². The fourth-order valence-electron chi connectivity index (χ4n) is 3.39. The van der Waals surface area contributed by atoms with Gasteiger partial charge in [0.15, 0.2) is 0 Å². The number of unbranched alkanes of at least 4 members (excludes halogenated alkanes) is 1. The van der Waals surface area contributed by atoms with Crippen LogP contribution in [0.2, 0.25) is 0 Å². The molecule has 0 bridgehead atoms. The Bertz CT molecular complexity index is 1270. The van der Waals surface area contributed by atoms with Crippen LogP contribution in [0.3, 0.4) is 0 Å². The predicted octanol–water partition coefficient (Wildman–Crippen LogP) is 4.60. The Morgan fingerprint density at radius 1 is 0.853 bits per heavy atom. The Kier molecular flexibility index (Phi) is 8.07. The van der Waals surface area contributed by atoms with Gasteiger partial charge in [0.05, 0.1) is 27.4 Å². The number of para-hydroxylation sites is 2. The standard InChI is InChI=1S/C26H29N3O4S/c1-4-5-18-27-25(30)21-10-6-8-12-23(21)28-26(31)22-11-7-9-13-24(22)29(3)34(32,33)20-16-14-19(2)15-17-20/h6-17H,4-5,18H2,1-3H3,(H,27,30)(H,28,31). The van der Waals surface area contributed by atoms with Crippen molar-refractivity contribution in [2.24, 2.45) is 0 Å². The van der Waals surface area contributed by atoms with Gasteiger partial charge in [-0.1, -0.05) is 55.3 Å². The maximum Gasteiger partial charge on any atom is 0.264 e. The summed E-state index contributed by atoms with van der Waals surface area (Å²) in [5.74, 6) is -0.799. The minimum atomic E-state index is -3.88. The van der Waals surface area contributed by atoms with Gasteiger partial charge in [-0.15, -0.1) is 0 Å². The smallest absolute Gasteiger partial charge is 0.264 e. The predicted molar refractivity (Wildman–Crippen MR) is 135 cm³/mol. The van der Waals surface area contributed by atoms with E-state index in [0.717, 1.165) is 22.7 Å². The number of nitrogens with zero attached hydrogens (tertiary/aromatic N) is 1. The number of carbonyl (C=O) groups is 2. The number of sulfonamides is 1. The third-order valence-electron chi connectivity index (χ3n) is 5.40. The zero-order valence-electron chi connectivity index (χ0n) is 19.5. The average Bonchev–Trinajstić information content (AvgIpc) is 2.84. The Morgan fingerprint density at radius 2 is 1.47 bits per heavy atom. The van der Waals surface area contributed by atoms with Gasteiger partial charge in [0.25, 0.3) is 21.8 Å². The van der Waals surface area contributed by atoms with Crippen molar-refractivity contribution in [2.45, 2.75) is 31.6 Å². The summed E-state index contributed by atoms with van der Waals surface area (Å²) in [6, 6.07) is 19.7. The first-order valence-corrected chi connectivity index (χ1v) is 12.5. The molecule has 0 aliphatic heterocycles. The van der Waals surface area contributed by atoms with E-state index in [1.54, 1.807) is 60.7 Å². The van der Waals surface area contributed by atoms with Gasteiger partial charge in [0.2, 0.25) is 0 Å². The van der Waals surface area contributed by atoms with Gasteiger partial charge in [-0.2, -0.15) is 0 Å². The van der Waals surface area contributed by atoms with Crippen LogP contribution >= 0.6 is 0 Å². The number of benzene rings is 3. The van der Waals surface area contributed by atoms with Crippen molar-refractivity contribution in [1.82, 2.24) is 5.32 Å². The van der Waals surface area contributed by atoms with E-state index in [9.17, 15) is 18.0 Å². The fourth-order valence-corrected chi connectivity index (χ4v) is 4.61. The molecule has 2 amide bonds. The third kappa shape index (κ3) is 5.63. The summed E-state index contributed by atoms with van der Waals surface area (Å²) < 4.78 is 27.5. The highest BCUT2D eigenvalue weighted by Crippen LogP contribution is 2.27. The lowest BCUT2D eigenvalue weighted by Crippen LogP contribution is -2.29. The van der Waals surface area contributed by atoms with E-state index in [1.807, 2.05) is 13.8 Å². The number of rotatable bonds is 9. The van der Waals surface area contributed by atoms with Gasteiger partial charge in [-0.3, -0.25) is 13.9 Å². The van der Waals surface area contributed by atoms with E-state index in [2.05, 4.69) is 10.6 Å². The summed E-state index contributed by atoms with van der Waals surface area (Å²) in [6.07, 6.45) is 1.81. The zero-order valence-corrected chi connectivity index (χ0v) is 20.4. The average molecular weight is 480 g/mol. The van der Waals surface area contributed by atoms with Crippen LogP contribution < -0.4 is 14.9 Å². The molecule has 0 fully saturated rings. The van der Waals surface area contributed by atoms with Crippen LogP contribution in [0.4, 0.5) is 11.4 Å². The number of anilines is 2. The quantitative estimate of drug-likeness (QED) is 0.439. The van der Waals surface area contributed by atoms with Crippen molar-refractivity contribution in [2.75, 3.05) is 23.2 Å². The topological polar surface area (TPSA) is 95.6 Å². The first-order chi connectivity index (χ1) is 16.3. The summed E-state index contributed by atoms with van der Waals surface area (Å²) in [6.45, 7) is 4.46. The third-order valence-corrected chi connectivity index (χ3v) is 7.19. The van der Waals surface area contributed by atoms with Crippen molar-refractivity contribution in [3.8, 4) is 0 Å². The molecule has 34 heavy (non-hydrogen) atoms. The number of hydrogen-bond donors (Lipinski definition) is 2. The Balaban J connectivity index is 1.89. The van der Waals surface area contributed by atoms with Crippen molar-refractivity contribution < 1.29 is 18.0 Å². The highest BCUT2D eigenvalue weighted by atomic mass is 32.2. The van der Waals surface area contributed by atoms with Crippen molar-refractivity contribution in [3.63, 3.8) is 0 Å². The number of amides is 2. The lowest BCUT2D eigenvalue weighted by Gasteiger charge is -2.22. The molecule has 7 nitrogen and oxygen atoms in total. The Hall–Kier alpha value is -3.65. The van der Waals surface area contributed by atoms with Crippen LogP contribution in [0.5, 0.6) is 0 Å². The second kappa shape index (κ2) is 11.0. The van der Waals surface area contributed by atoms with E-state index in [-0.39, 0.29) is 22.1 Å². The normalized spacial score (nSPS) is 11.0. The molecule has 0 aliphatic rings. The fraction of sp³-hybridized carbons (Fsp3) is 0.231. The van der Waals surface area contributed by atoms with Crippen molar-refractivity contribution in [1.29, 1.82) is 0 Å². The SMILES string of the molecule is CCCCNC(=O)c1ccccc1NC(=O)c1ccccc1N(C)S(=O)(=O)c1ccc(C)cc1. The van der Waals surface area contributed by atoms with Crippen LogP contribution in [0.1, 0.15) is 46.0 Å². The Morgan fingerprint density at radius 3 is 2.15 bits per heavy atom. The molecule has 0 radical (unpaired) electrons. The first-order valence-electron chi connectivity index (χ1n) is 11.1. The molecule has 3 aromatic rings. The second-order valence-electron chi connectivity index (χ2n) is 7.91. The summed E-state index contributed by atoms with van der Waals surface area (Å²) in [5.41, 5.74) is 2.02. The molecule has 0 aliphatic carbocycles. The molecule has 0 unspecified atom stereocenters. The maximum atomic E-state index is 13.2. The lowest BCUT2D eigenvalue weighted by molar-refractivity contribution is 0.0954. The van der Waals surface area contributed by atoms with Gasteiger partial charge < -0.3 is 10.6 Å². The number of nitrogens with one attached hydrogen (secondary N) is 2. The molecule has 8 heteroatoms. The number of carbonyl (C=O) groups excluding carboxylic acids is 2. The van der Waals surface area contributed by atoms with Crippen LogP contribution in [-0.2, 0) is 10.0 Å². The lowest BCUT2D eigenvalue weighted by atomic mass is 10.1. The van der Waals surface area contributed by atoms with Gasteiger partial charge in [-0.25, -0.2) is 8.42 Å². The minimum absolute atomic E-state index is 0.130. The molecular weight excluding hydrogens is 450 g/mol. The second-order valence-corrected chi connectivity index (χ2v) is 9.88. The summed E-state index contributed by atoms with van der Waals surface area (Å²) in [7, 11) is -2.47. The Labute approximate surface area is 200 Å². The number of aryl methyl sites for hydroxylation is 1. The summed E-state index contributed by atoms with van der Waals surface area (Å²) in [4.78, 5) is 25.9. The minimum Gasteiger partial charge on any atom is -0.352 e. The maximum absolute atomic E-state index is 13.2. The molecular formula is C26H29N3O4S. The van der Waals surface area contributed by atoms with E-state index in [0.29, 0.717) is 17.8 Å². The molecule has 0 heterocycles. The molecule has 0 spiro atoms. The van der Waals surface area contributed by atoms with Crippen LogP contribution in [0.25, 0.3) is 0 Å². The van der Waals surface area contributed by atoms with Gasteiger partial charge in [-0.05, 0) is 49.7 Å². The highest BCUT2D eigenvalue weighted by Gasteiger charge is 2.25. The molecule has 3 rings (SSSR count).